The van der Waals surface area contributed by atoms with Gasteiger partial charge >= 0.3 is 0 Å². The molecule has 7 nitrogen and oxygen atoms in total. The van der Waals surface area contributed by atoms with Crippen molar-refractivity contribution in [3.8, 4) is 17.2 Å². The van der Waals surface area contributed by atoms with Crippen molar-refractivity contribution in [1.82, 2.24) is 9.36 Å². The van der Waals surface area contributed by atoms with Crippen LogP contribution in [0, 0.1) is 6.92 Å². The van der Waals surface area contributed by atoms with E-state index in [4.69, 9.17) is 9.47 Å². The fourth-order valence-electron chi connectivity index (χ4n) is 3.22. The fraction of sp³-hybridized carbons (Fsp3) is 0.250. The highest BCUT2D eigenvalue weighted by atomic mass is 16.5. The number of nitrogens with one attached hydrogen (secondary N) is 1. The Balaban J connectivity index is 1.81. The zero-order valence-electron chi connectivity index (χ0n) is 18.2. The number of amides is 1. The van der Waals surface area contributed by atoms with Crippen LogP contribution in [0.1, 0.15) is 25.1 Å². The molecule has 0 unspecified atom stereocenters. The third-order valence-corrected chi connectivity index (χ3v) is 4.80. The standard InChI is InChI=1S/C24H27N3O4/c1-5-30-20-14-12-18(16-21(20)31-6-2)13-15-22(28)25-23-17(3)26(4)27(24(23)29)19-10-8-7-9-11-19/h7-16H,5-6H2,1-4H3,(H,25,28)/b15-13+. The predicted molar refractivity (Wildman–Crippen MR) is 122 cm³/mol. The minimum atomic E-state index is -0.391. The Morgan fingerprint density at radius 3 is 2.39 bits per heavy atom. The minimum absolute atomic E-state index is 0.253. The molecular formula is C24H27N3O4. The highest BCUT2D eigenvalue weighted by Gasteiger charge is 2.17. The summed E-state index contributed by atoms with van der Waals surface area (Å²) in [6, 6.07) is 14.8. The molecule has 0 aliphatic heterocycles. The molecule has 0 spiro atoms. The maximum absolute atomic E-state index is 12.9. The Hall–Kier alpha value is -3.74. The lowest BCUT2D eigenvalue weighted by Crippen LogP contribution is -2.22. The van der Waals surface area contributed by atoms with Gasteiger partial charge in [0.1, 0.15) is 5.69 Å². The topological polar surface area (TPSA) is 74.5 Å². The minimum Gasteiger partial charge on any atom is -0.490 e. The van der Waals surface area contributed by atoms with E-state index in [9.17, 15) is 9.59 Å². The molecule has 162 valence electrons. The van der Waals surface area contributed by atoms with Gasteiger partial charge in [0.15, 0.2) is 11.5 Å². The van der Waals surface area contributed by atoms with Gasteiger partial charge in [-0.1, -0.05) is 24.3 Å². The number of para-hydroxylation sites is 1. The molecule has 31 heavy (non-hydrogen) atoms. The van der Waals surface area contributed by atoms with Crippen molar-refractivity contribution in [3.05, 3.63) is 76.2 Å². The summed E-state index contributed by atoms with van der Waals surface area (Å²) in [5.74, 6) is 0.891. The predicted octanol–water partition coefficient (Wildman–Crippen LogP) is 3.93. The van der Waals surface area contributed by atoms with E-state index in [2.05, 4.69) is 5.32 Å². The van der Waals surface area contributed by atoms with Crippen LogP contribution in [0.5, 0.6) is 11.5 Å². The van der Waals surface area contributed by atoms with Crippen molar-refractivity contribution in [2.45, 2.75) is 20.8 Å². The molecule has 0 aliphatic rings. The van der Waals surface area contributed by atoms with Gasteiger partial charge in [-0.15, -0.1) is 0 Å². The van der Waals surface area contributed by atoms with Crippen molar-refractivity contribution in [2.24, 2.45) is 7.05 Å². The van der Waals surface area contributed by atoms with Crippen molar-refractivity contribution >= 4 is 17.7 Å². The Morgan fingerprint density at radius 2 is 1.71 bits per heavy atom. The summed E-state index contributed by atoms with van der Waals surface area (Å²) in [4.78, 5) is 25.4. The fourth-order valence-corrected chi connectivity index (χ4v) is 3.22. The SMILES string of the molecule is CCOc1ccc(/C=C/C(=O)Nc2c(C)n(C)n(-c3ccccc3)c2=O)cc1OCC. The van der Waals surface area contributed by atoms with Crippen LogP contribution in [0.25, 0.3) is 11.8 Å². The second-order valence-corrected chi connectivity index (χ2v) is 6.83. The average molecular weight is 421 g/mol. The number of hydrogen-bond donors (Lipinski definition) is 1. The number of hydrogen-bond acceptors (Lipinski definition) is 4. The number of rotatable bonds is 8. The van der Waals surface area contributed by atoms with Gasteiger partial charge in [0.25, 0.3) is 5.56 Å². The first-order chi connectivity index (χ1) is 15.0. The number of carbonyl (C=O) groups is 1. The lowest BCUT2D eigenvalue weighted by molar-refractivity contribution is -0.111. The van der Waals surface area contributed by atoms with E-state index in [0.29, 0.717) is 30.4 Å². The van der Waals surface area contributed by atoms with Gasteiger partial charge in [0.2, 0.25) is 5.91 Å². The summed E-state index contributed by atoms with van der Waals surface area (Å²) >= 11 is 0. The lowest BCUT2D eigenvalue weighted by atomic mass is 10.2. The Labute approximate surface area is 181 Å². The summed E-state index contributed by atoms with van der Waals surface area (Å²) < 4.78 is 14.4. The number of ether oxygens (including phenoxy) is 2. The number of anilines is 1. The molecule has 3 aromatic rings. The second kappa shape index (κ2) is 9.84. The van der Waals surface area contributed by atoms with Crippen LogP contribution < -0.4 is 20.3 Å². The summed E-state index contributed by atoms with van der Waals surface area (Å²) in [7, 11) is 1.78. The molecule has 0 saturated carbocycles. The van der Waals surface area contributed by atoms with Crippen LogP contribution in [0.4, 0.5) is 5.69 Å². The second-order valence-electron chi connectivity index (χ2n) is 6.83. The largest absolute Gasteiger partial charge is 0.490 e. The van der Waals surface area contributed by atoms with Crippen molar-refractivity contribution < 1.29 is 14.3 Å². The van der Waals surface area contributed by atoms with Crippen molar-refractivity contribution in [1.29, 1.82) is 0 Å². The van der Waals surface area contributed by atoms with E-state index < -0.39 is 5.91 Å². The zero-order valence-corrected chi connectivity index (χ0v) is 18.2. The quantitative estimate of drug-likeness (QED) is 0.559. The van der Waals surface area contributed by atoms with Gasteiger partial charge < -0.3 is 14.8 Å². The molecular weight excluding hydrogens is 394 g/mol. The third-order valence-electron chi connectivity index (χ3n) is 4.80. The Bertz CT molecular complexity index is 1140. The van der Waals surface area contributed by atoms with Gasteiger partial charge in [-0.2, -0.15) is 0 Å². The molecule has 1 heterocycles. The molecule has 1 N–H and O–H groups in total. The smallest absolute Gasteiger partial charge is 0.295 e. The Morgan fingerprint density at radius 1 is 1.03 bits per heavy atom. The van der Waals surface area contributed by atoms with Gasteiger partial charge in [0.05, 0.1) is 24.6 Å². The van der Waals surface area contributed by atoms with Gasteiger partial charge in [-0.05, 0) is 56.7 Å². The van der Waals surface area contributed by atoms with Crippen LogP contribution in [0.2, 0.25) is 0 Å². The number of benzene rings is 2. The molecule has 0 saturated heterocycles. The maximum Gasteiger partial charge on any atom is 0.295 e. The summed E-state index contributed by atoms with van der Waals surface area (Å²) in [6.07, 6.45) is 3.06. The highest BCUT2D eigenvalue weighted by molar-refractivity contribution is 6.02. The molecule has 1 aromatic heterocycles. The van der Waals surface area contributed by atoms with Crippen LogP contribution >= 0.6 is 0 Å². The summed E-state index contributed by atoms with van der Waals surface area (Å²) in [6.45, 7) is 6.64. The molecule has 0 aliphatic carbocycles. The van der Waals surface area contributed by atoms with Crippen LogP contribution in [0.15, 0.2) is 59.4 Å². The van der Waals surface area contributed by atoms with E-state index in [1.807, 2.05) is 62.4 Å². The van der Waals surface area contributed by atoms with Gasteiger partial charge in [-0.3, -0.25) is 14.3 Å². The first-order valence-electron chi connectivity index (χ1n) is 10.2. The number of nitrogens with zero attached hydrogens (tertiary/aromatic N) is 2. The monoisotopic (exact) mass is 421 g/mol. The molecule has 0 atom stereocenters. The first kappa shape index (κ1) is 22.0. The van der Waals surface area contributed by atoms with E-state index in [1.165, 1.54) is 10.8 Å². The van der Waals surface area contributed by atoms with E-state index in [1.54, 1.807) is 24.7 Å². The van der Waals surface area contributed by atoms with Crippen LogP contribution in [-0.2, 0) is 11.8 Å². The summed E-state index contributed by atoms with van der Waals surface area (Å²) in [5, 5.41) is 2.72. The number of carbonyl (C=O) groups excluding carboxylic acids is 1. The molecule has 2 aromatic carbocycles. The zero-order chi connectivity index (χ0) is 22.4. The molecule has 0 fully saturated rings. The first-order valence-corrected chi connectivity index (χ1v) is 10.2. The molecule has 0 bridgehead atoms. The average Bonchev–Trinajstić information content (AvgIpc) is 2.98. The Kier molecular flexibility index (Phi) is 6.97. The normalized spacial score (nSPS) is 11.0. The molecule has 0 radical (unpaired) electrons. The van der Waals surface area contributed by atoms with Crippen LogP contribution in [-0.4, -0.2) is 28.5 Å². The van der Waals surface area contributed by atoms with Crippen molar-refractivity contribution in [3.63, 3.8) is 0 Å². The molecule has 1 amide bonds. The van der Waals surface area contributed by atoms with Gasteiger partial charge in [0, 0.05) is 13.1 Å². The number of aromatic nitrogens is 2. The highest BCUT2D eigenvalue weighted by Crippen LogP contribution is 2.29. The van der Waals surface area contributed by atoms with Crippen LogP contribution in [0.3, 0.4) is 0 Å². The molecule has 3 rings (SSSR count). The maximum atomic E-state index is 12.9. The van der Waals surface area contributed by atoms with Crippen molar-refractivity contribution in [2.75, 3.05) is 18.5 Å². The lowest BCUT2D eigenvalue weighted by Gasteiger charge is -2.11. The van der Waals surface area contributed by atoms with E-state index in [-0.39, 0.29) is 11.2 Å². The van der Waals surface area contributed by atoms with E-state index >= 15 is 0 Å². The summed E-state index contributed by atoms with van der Waals surface area (Å²) in [5.41, 5.74) is 2.14. The van der Waals surface area contributed by atoms with Gasteiger partial charge in [-0.25, -0.2) is 4.68 Å². The molecule has 7 heteroatoms. The van der Waals surface area contributed by atoms with E-state index in [0.717, 1.165) is 11.3 Å². The third kappa shape index (κ3) is 4.88.